The Morgan fingerprint density at radius 1 is 1.08 bits per heavy atom. The summed E-state index contributed by atoms with van der Waals surface area (Å²) in [6.07, 6.45) is 4.70. The summed E-state index contributed by atoms with van der Waals surface area (Å²) in [5, 5.41) is 5.81. The van der Waals surface area contributed by atoms with Crippen LogP contribution in [0.4, 0.5) is 31.8 Å². The number of benzene rings is 1. The van der Waals surface area contributed by atoms with Gasteiger partial charge in [-0.2, -0.15) is 0 Å². The van der Waals surface area contributed by atoms with E-state index >= 15 is 0 Å². The van der Waals surface area contributed by atoms with Gasteiger partial charge in [0.25, 0.3) is 0 Å². The zero-order chi connectivity index (χ0) is 16.9. The number of nitrogens with zero attached hydrogens (tertiary/aromatic N) is 3. The number of pyridine rings is 1. The third-order valence-corrected chi connectivity index (χ3v) is 3.25. The van der Waals surface area contributed by atoms with Crippen molar-refractivity contribution in [3.63, 3.8) is 0 Å². The number of nitrogen functional groups attached to an aromatic ring is 1. The Morgan fingerprint density at radius 2 is 1.92 bits per heavy atom. The molecule has 3 aromatic rings. The third-order valence-electron chi connectivity index (χ3n) is 3.25. The molecule has 1 aromatic carbocycles. The smallest absolute Gasteiger partial charge is 0.159 e. The molecule has 0 bridgehead atoms. The fourth-order valence-electron chi connectivity index (χ4n) is 2.04. The molecule has 0 amide bonds. The van der Waals surface area contributed by atoms with E-state index in [1.165, 1.54) is 12.4 Å². The molecule has 4 N–H and O–H groups in total. The van der Waals surface area contributed by atoms with Gasteiger partial charge in [0, 0.05) is 25.0 Å². The Bertz CT molecular complexity index is 841. The van der Waals surface area contributed by atoms with E-state index in [0.29, 0.717) is 12.4 Å². The Morgan fingerprint density at radius 3 is 2.67 bits per heavy atom. The van der Waals surface area contributed by atoms with Gasteiger partial charge < -0.3 is 16.4 Å². The molecule has 3 rings (SSSR count). The van der Waals surface area contributed by atoms with Gasteiger partial charge in [-0.3, -0.25) is 4.98 Å². The molecule has 0 fully saturated rings. The average molecular weight is 328 g/mol. The molecule has 2 aromatic heterocycles. The van der Waals surface area contributed by atoms with Gasteiger partial charge in [0.2, 0.25) is 0 Å². The first-order valence-corrected chi connectivity index (χ1v) is 7.09. The maximum absolute atomic E-state index is 13.7. The minimum Gasteiger partial charge on any atom is -0.393 e. The summed E-state index contributed by atoms with van der Waals surface area (Å²) < 4.78 is 26.7. The summed E-state index contributed by atoms with van der Waals surface area (Å²) in [4.78, 5) is 12.1. The molecule has 0 saturated heterocycles. The van der Waals surface area contributed by atoms with Crippen LogP contribution >= 0.6 is 0 Å². The van der Waals surface area contributed by atoms with E-state index in [-0.39, 0.29) is 17.2 Å². The van der Waals surface area contributed by atoms with Crippen LogP contribution in [0.1, 0.15) is 5.56 Å². The second-order valence-corrected chi connectivity index (χ2v) is 4.95. The van der Waals surface area contributed by atoms with Crippen LogP contribution in [0.25, 0.3) is 0 Å². The fourth-order valence-corrected chi connectivity index (χ4v) is 2.04. The highest BCUT2D eigenvalue weighted by Crippen LogP contribution is 2.27. The molecule has 24 heavy (non-hydrogen) atoms. The summed E-state index contributed by atoms with van der Waals surface area (Å²) in [7, 11) is 0. The molecule has 0 aliphatic carbocycles. The average Bonchev–Trinajstić information content (AvgIpc) is 2.59. The molecule has 122 valence electrons. The van der Waals surface area contributed by atoms with Crippen molar-refractivity contribution in [2.24, 2.45) is 0 Å². The first-order chi connectivity index (χ1) is 11.6. The number of rotatable bonds is 5. The van der Waals surface area contributed by atoms with Crippen molar-refractivity contribution in [3.05, 3.63) is 66.3 Å². The van der Waals surface area contributed by atoms with E-state index in [1.54, 1.807) is 12.4 Å². The first-order valence-electron chi connectivity index (χ1n) is 7.09. The number of halogens is 2. The van der Waals surface area contributed by atoms with Crippen molar-refractivity contribution < 1.29 is 8.78 Å². The normalized spacial score (nSPS) is 10.4. The highest BCUT2D eigenvalue weighted by molar-refractivity contribution is 5.77. The quantitative estimate of drug-likeness (QED) is 0.667. The van der Waals surface area contributed by atoms with Crippen molar-refractivity contribution in [2.45, 2.75) is 6.54 Å². The highest BCUT2D eigenvalue weighted by atomic mass is 19.1. The molecule has 0 spiro atoms. The number of hydrogen-bond donors (Lipinski definition) is 3. The van der Waals surface area contributed by atoms with Crippen molar-refractivity contribution in [1.82, 2.24) is 15.0 Å². The Balaban J connectivity index is 1.78. The SMILES string of the molecule is Nc1c(NCc2cccnc2)ncnc1Nc1ccc(F)cc1F. The number of nitrogens with two attached hydrogens (primary N) is 1. The molecule has 0 saturated carbocycles. The molecule has 8 heteroatoms. The van der Waals surface area contributed by atoms with Crippen LogP contribution < -0.4 is 16.4 Å². The van der Waals surface area contributed by atoms with Crippen molar-refractivity contribution in [3.8, 4) is 0 Å². The number of hydrogen-bond acceptors (Lipinski definition) is 6. The van der Waals surface area contributed by atoms with Crippen molar-refractivity contribution >= 4 is 23.0 Å². The fraction of sp³-hybridized carbons (Fsp3) is 0.0625. The van der Waals surface area contributed by atoms with Crippen LogP contribution in [-0.2, 0) is 6.54 Å². The van der Waals surface area contributed by atoms with Crippen LogP contribution in [-0.4, -0.2) is 15.0 Å². The minimum atomic E-state index is -0.738. The number of aromatic nitrogens is 3. The van der Waals surface area contributed by atoms with Crippen LogP contribution in [0.2, 0.25) is 0 Å². The number of nitrogens with one attached hydrogen (secondary N) is 2. The van der Waals surface area contributed by atoms with Gasteiger partial charge >= 0.3 is 0 Å². The van der Waals surface area contributed by atoms with E-state index in [9.17, 15) is 8.78 Å². The van der Waals surface area contributed by atoms with Crippen LogP contribution in [0.3, 0.4) is 0 Å². The molecule has 0 unspecified atom stereocenters. The Hall–Kier alpha value is -3.29. The molecule has 0 aliphatic heterocycles. The van der Waals surface area contributed by atoms with Gasteiger partial charge in [0.15, 0.2) is 11.6 Å². The van der Waals surface area contributed by atoms with Crippen molar-refractivity contribution in [2.75, 3.05) is 16.4 Å². The molecule has 0 aliphatic rings. The zero-order valence-corrected chi connectivity index (χ0v) is 12.5. The van der Waals surface area contributed by atoms with Crippen molar-refractivity contribution in [1.29, 1.82) is 0 Å². The van der Waals surface area contributed by atoms with E-state index < -0.39 is 11.6 Å². The molecular weight excluding hydrogens is 314 g/mol. The highest BCUT2D eigenvalue weighted by Gasteiger charge is 2.11. The predicted molar refractivity (Wildman–Crippen MR) is 87.6 cm³/mol. The largest absolute Gasteiger partial charge is 0.393 e. The maximum Gasteiger partial charge on any atom is 0.159 e. The summed E-state index contributed by atoms with van der Waals surface area (Å²) in [5.74, 6) is -0.770. The van der Waals surface area contributed by atoms with Crippen LogP contribution in [0.15, 0.2) is 49.1 Å². The Kier molecular flexibility index (Phi) is 4.46. The third kappa shape index (κ3) is 3.54. The maximum atomic E-state index is 13.7. The lowest BCUT2D eigenvalue weighted by Gasteiger charge is -2.13. The summed E-state index contributed by atoms with van der Waals surface area (Å²) >= 11 is 0. The van der Waals surface area contributed by atoms with Crippen LogP contribution in [0.5, 0.6) is 0 Å². The standard InChI is InChI=1S/C16H14F2N6/c17-11-3-4-13(12(18)6-11)24-16-14(19)15(22-9-23-16)21-8-10-2-1-5-20-7-10/h1-7,9H,8,19H2,(H2,21,22,23,24). The topological polar surface area (TPSA) is 88.8 Å². The minimum absolute atomic E-state index is 0.0695. The molecule has 0 atom stereocenters. The molecule has 6 nitrogen and oxygen atoms in total. The van der Waals surface area contributed by atoms with Gasteiger partial charge in [0.05, 0.1) is 5.69 Å². The summed E-state index contributed by atoms with van der Waals surface area (Å²) in [6.45, 7) is 0.472. The van der Waals surface area contributed by atoms with Gasteiger partial charge in [-0.1, -0.05) is 6.07 Å². The van der Waals surface area contributed by atoms with E-state index in [4.69, 9.17) is 5.73 Å². The van der Waals surface area contributed by atoms with Crippen LogP contribution in [0, 0.1) is 11.6 Å². The van der Waals surface area contributed by atoms with E-state index in [0.717, 1.165) is 17.7 Å². The lowest BCUT2D eigenvalue weighted by molar-refractivity contribution is 0.586. The molecular formula is C16H14F2N6. The van der Waals surface area contributed by atoms with Gasteiger partial charge in [0.1, 0.15) is 23.6 Å². The Labute approximate surface area is 136 Å². The van der Waals surface area contributed by atoms with Gasteiger partial charge in [-0.15, -0.1) is 0 Å². The second-order valence-electron chi connectivity index (χ2n) is 4.95. The lowest BCUT2D eigenvalue weighted by Crippen LogP contribution is -2.08. The predicted octanol–water partition coefficient (Wildman–Crippen LogP) is 3.09. The summed E-state index contributed by atoms with van der Waals surface area (Å²) in [5.41, 5.74) is 7.26. The first kappa shape index (κ1) is 15.6. The molecule has 2 heterocycles. The second kappa shape index (κ2) is 6.86. The lowest BCUT2D eigenvalue weighted by atomic mass is 10.2. The number of anilines is 4. The van der Waals surface area contributed by atoms with Gasteiger partial charge in [-0.05, 0) is 23.8 Å². The van der Waals surface area contributed by atoms with E-state index in [1.807, 2.05) is 12.1 Å². The monoisotopic (exact) mass is 328 g/mol. The summed E-state index contributed by atoms with van der Waals surface area (Å²) in [6, 6.07) is 6.93. The molecule has 0 radical (unpaired) electrons. The van der Waals surface area contributed by atoms with E-state index in [2.05, 4.69) is 25.6 Å². The zero-order valence-electron chi connectivity index (χ0n) is 12.5. The van der Waals surface area contributed by atoms with Gasteiger partial charge in [-0.25, -0.2) is 18.7 Å².